The molecule has 0 fully saturated rings. The van der Waals surface area contributed by atoms with Gasteiger partial charge in [0, 0.05) is 17.8 Å². The molecule has 0 atom stereocenters. The van der Waals surface area contributed by atoms with Crippen molar-refractivity contribution >= 4 is 17.4 Å². The van der Waals surface area contributed by atoms with Gasteiger partial charge < -0.3 is 20.5 Å². The molecule has 1 aromatic heterocycles. The first-order valence-electron chi connectivity index (χ1n) is 5.45. The first-order valence-corrected chi connectivity index (χ1v) is 5.45. The van der Waals surface area contributed by atoms with Gasteiger partial charge in [-0.15, -0.1) is 8.78 Å². The van der Waals surface area contributed by atoms with E-state index in [-0.39, 0.29) is 28.7 Å². The van der Waals surface area contributed by atoms with Crippen molar-refractivity contribution in [1.82, 2.24) is 10.2 Å². The van der Waals surface area contributed by atoms with E-state index in [2.05, 4.69) is 25.0 Å². The Bertz CT molecular complexity index is 686. The summed E-state index contributed by atoms with van der Waals surface area (Å²) in [5, 5.41) is 8.51. The lowest BCUT2D eigenvalue weighted by Crippen LogP contribution is -2.25. The molecular formula is C11H8F2N4O3. The molecule has 0 spiro atoms. The number of nitrogens with two attached hydrogens (primary N) is 1. The van der Waals surface area contributed by atoms with Gasteiger partial charge in [0.05, 0.1) is 0 Å². The van der Waals surface area contributed by atoms with E-state index in [4.69, 9.17) is 5.73 Å². The predicted octanol–water partition coefficient (Wildman–Crippen LogP) is 1.57. The van der Waals surface area contributed by atoms with E-state index in [0.717, 1.165) is 0 Å². The Morgan fingerprint density at radius 1 is 1.30 bits per heavy atom. The second-order valence-corrected chi connectivity index (χ2v) is 3.99. The normalized spacial score (nSPS) is 15.1. The standard InChI is InChI=1S/C11H8F2N4O3/c12-11(13)19-7-2-1-5(3-8(7)20-11)15-10(18)6-4-9(14)17-16-6/h1-4H,(H,15,18)(H3,14,16,17). The van der Waals surface area contributed by atoms with Crippen molar-refractivity contribution in [2.45, 2.75) is 6.29 Å². The van der Waals surface area contributed by atoms with Gasteiger partial charge in [-0.05, 0) is 12.1 Å². The van der Waals surface area contributed by atoms with Gasteiger partial charge in [-0.1, -0.05) is 0 Å². The van der Waals surface area contributed by atoms with Crippen LogP contribution < -0.4 is 20.5 Å². The van der Waals surface area contributed by atoms with Gasteiger partial charge in [0.15, 0.2) is 11.5 Å². The van der Waals surface area contributed by atoms with Crippen molar-refractivity contribution in [3.63, 3.8) is 0 Å². The maximum Gasteiger partial charge on any atom is 0.586 e. The minimum absolute atomic E-state index is 0.0983. The summed E-state index contributed by atoms with van der Waals surface area (Å²) in [6.45, 7) is 0. The molecule has 0 radical (unpaired) electrons. The zero-order valence-corrected chi connectivity index (χ0v) is 9.81. The van der Waals surface area contributed by atoms with Crippen LogP contribution in [0.3, 0.4) is 0 Å². The topological polar surface area (TPSA) is 102 Å². The summed E-state index contributed by atoms with van der Waals surface area (Å²) in [4.78, 5) is 11.8. The van der Waals surface area contributed by atoms with Gasteiger partial charge in [0.2, 0.25) is 0 Å². The van der Waals surface area contributed by atoms with Crippen LogP contribution in [0.1, 0.15) is 10.5 Å². The number of nitrogen functional groups attached to an aromatic ring is 1. The molecule has 2 aromatic rings. The third-order valence-corrected chi connectivity index (χ3v) is 2.50. The number of alkyl halides is 2. The molecule has 0 saturated carbocycles. The highest BCUT2D eigenvalue weighted by molar-refractivity contribution is 6.03. The number of H-pyrrole nitrogens is 1. The Kier molecular flexibility index (Phi) is 2.49. The highest BCUT2D eigenvalue weighted by Crippen LogP contribution is 2.42. The molecule has 3 rings (SSSR count). The van der Waals surface area contributed by atoms with Crippen molar-refractivity contribution in [3.8, 4) is 11.5 Å². The number of carbonyl (C=O) groups excluding carboxylic acids is 1. The zero-order chi connectivity index (χ0) is 14.3. The van der Waals surface area contributed by atoms with Crippen molar-refractivity contribution in [2.24, 2.45) is 0 Å². The van der Waals surface area contributed by atoms with Crippen LogP contribution in [0, 0.1) is 0 Å². The number of halogens is 2. The fraction of sp³-hybridized carbons (Fsp3) is 0.0909. The fourth-order valence-corrected chi connectivity index (χ4v) is 1.68. The van der Waals surface area contributed by atoms with Gasteiger partial charge in [0.1, 0.15) is 11.5 Å². The number of ether oxygens (including phenoxy) is 2. The quantitative estimate of drug-likeness (QED) is 0.775. The van der Waals surface area contributed by atoms with Crippen LogP contribution in [0.5, 0.6) is 11.5 Å². The summed E-state index contributed by atoms with van der Waals surface area (Å²) < 4.78 is 34.2. The number of amides is 1. The maximum atomic E-state index is 12.8. The lowest BCUT2D eigenvalue weighted by atomic mass is 10.2. The number of carbonyl (C=O) groups is 1. The van der Waals surface area contributed by atoms with E-state index in [9.17, 15) is 13.6 Å². The molecule has 9 heteroatoms. The molecule has 0 unspecified atom stereocenters. The Labute approximate surface area is 110 Å². The lowest BCUT2D eigenvalue weighted by molar-refractivity contribution is -0.286. The second kappa shape index (κ2) is 4.08. The van der Waals surface area contributed by atoms with Crippen molar-refractivity contribution in [1.29, 1.82) is 0 Å². The Morgan fingerprint density at radius 2 is 2.05 bits per heavy atom. The molecule has 1 aliphatic rings. The fourth-order valence-electron chi connectivity index (χ4n) is 1.68. The average Bonchev–Trinajstić information content (AvgIpc) is 2.90. The monoisotopic (exact) mass is 282 g/mol. The van der Waals surface area contributed by atoms with Crippen molar-refractivity contribution in [2.75, 3.05) is 11.1 Å². The summed E-state index contributed by atoms with van der Waals surface area (Å²) in [5.41, 5.74) is 5.78. The number of hydrogen-bond donors (Lipinski definition) is 3. The van der Waals surface area contributed by atoms with Gasteiger partial charge in [0.25, 0.3) is 5.91 Å². The molecule has 0 saturated heterocycles. The summed E-state index contributed by atoms with van der Waals surface area (Å²) in [5.74, 6) is -0.601. The third kappa shape index (κ3) is 2.20. The van der Waals surface area contributed by atoms with E-state index >= 15 is 0 Å². The summed E-state index contributed by atoms with van der Waals surface area (Å²) in [6, 6.07) is 5.25. The van der Waals surface area contributed by atoms with Crippen LogP contribution in [-0.4, -0.2) is 22.4 Å². The summed E-state index contributed by atoms with van der Waals surface area (Å²) in [7, 11) is 0. The second-order valence-electron chi connectivity index (χ2n) is 3.99. The van der Waals surface area contributed by atoms with Gasteiger partial charge in [-0.3, -0.25) is 9.89 Å². The molecule has 1 aliphatic heterocycles. The largest absolute Gasteiger partial charge is 0.586 e. The Balaban J connectivity index is 1.78. The number of nitrogens with one attached hydrogen (secondary N) is 2. The molecular weight excluding hydrogens is 274 g/mol. The summed E-state index contributed by atoms with van der Waals surface area (Å²) in [6.07, 6.45) is -3.69. The number of aromatic nitrogens is 2. The summed E-state index contributed by atoms with van der Waals surface area (Å²) >= 11 is 0. The van der Waals surface area contributed by atoms with Crippen LogP contribution in [0.25, 0.3) is 0 Å². The van der Waals surface area contributed by atoms with Crippen molar-refractivity contribution in [3.05, 3.63) is 30.0 Å². The maximum absolute atomic E-state index is 12.8. The number of anilines is 2. The number of benzene rings is 1. The number of nitrogens with zero attached hydrogens (tertiary/aromatic N) is 1. The van der Waals surface area contributed by atoms with Crippen LogP contribution in [0.4, 0.5) is 20.3 Å². The number of aromatic amines is 1. The molecule has 0 bridgehead atoms. The average molecular weight is 282 g/mol. The van der Waals surface area contributed by atoms with Crippen LogP contribution in [0.2, 0.25) is 0 Å². The molecule has 1 aromatic carbocycles. The van der Waals surface area contributed by atoms with E-state index in [1.54, 1.807) is 0 Å². The zero-order valence-electron chi connectivity index (χ0n) is 9.81. The van der Waals surface area contributed by atoms with Crippen LogP contribution in [-0.2, 0) is 0 Å². The molecule has 7 nitrogen and oxygen atoms in total. The van der Waals surface area contributed by atoms with E-state index < -0.39 is 12.2 Å². The SMILES string of the molecule is Nc1cc(C(=O)Nc2ccc3c(c2)OC(F)(F)O3)[nH]n1. The minimum Gasteiger partial charge on any atom is -0.395 e. The van der Waals surface area contributed by atoms with E-state index in [0.29, 0.717) is 0 Å². The Morgan fingerprint density at radius 3 is 2.75 bits per heavy atom. The van der Waals surface area contributed by atoms with Gasteiger partial charge in [-0.2, -0.15) is 5.10 Å². The highest BCUT2D eigenvalue weighted by atomic mass is 19.3. The minimum atomic E-state index is -3.69. The Hall–Kier alpha value is -2.84. The van der Waals surface area contributed by atoms with E-state index in [1.165, 1.54) is 24.3 Å². The third-order valence-electron chi connectivity index (χ3n) is 2.50. The molecule has 0 aliphatic carbocycles. The number of hydrogen-bond acceptors (Lipinski definition) is 5. The molecule has 104 valence electrons. The first kappa shape index (κ1) is 12.2. The highest BCUT2D eigenvalue weighted by Gasteiger charge is 2.43. The van der Waals surface area contributed by atoms with Gasteiger partial charge >= 0.3 is 6.29 Å². The molecule has 20 heavy (non-hydrogen) atoms. The smallest absolute Gasteiger partial charge is 0.395 e. The van der Waals surface area contributed by atoms with E-state index in [1.807, 2.05) is 0 Å². The lowest BCUT2D eigenvalue weighted by Gasteiger charge is -2.04. The number of fused-ring (bicyclic) bond motifs is 1. The van der Waals surface area contributed by atoms with Crippen LogP contribution >= 0.6 is 0 Å². The first-order chi connectivity index (χ1) is 9.43. The van der Waals surface area contributed by atoms with Crippen LogP contribution in [0.15, 0.2) is 24.3 Å². The van der Waals surface area contributed by atoms with Crippen molar-refractivity contribution < 1.29 is 23.0 Å². The molecule has 4 N–H and O–H groups in total. The predicted molar refractivity (Wildman–Crippen MR) is 63.6 cm³/mol. The molecule has 2 heterocycles. The van der Waals surface area contributed by atoms with Gasteiger partial charge in [-0.25, -0.2) is 0 Å². The number of rotatable bonds is 2. The molecule has 1 amide bonds.